The summed E-state index contributed by atoms with van der Waals surface area (Å²) in [7, 11) is 0. The van der Waals surface area contributed by atoms with Gasteiger partial charge in [0.25, 0.3) is 0 Å². The van der Waals surface area contributed by atoms with E-state index in [0.29, 0.717) is 0 Å². The molecule has 3 nitrogen and oxygen atoms in total. The number of halogens is 1. The largest absolute Gasteiger partial charge is 0.335 e. The van der Waals surface area contributed by atoms with E-state index in [1.165, 1.54) is 5.56 Å². The van der Waals surface area contributed by atoms with E-state index in [9.17, 15) is 0 Å². The van der Waals surface area contributed by atoms with Gasteiger partial charge < -0.3 is 10.3 Å². The van der Waals surface area contributed by atoms with Crippen LogP contribution >= 0.6 is 15.9 Å². The summed E-state index contributed by atoms with van der Waals surface area (Å²) in [5, 5.41) is 0. The Kier molecular flexibility index (Phi) is 4.19. The summed E-state index contributed by atoms with van der Waals surface area (Å²) >= 11 is 3.58. The average Bonchev–Trinajstić information content (AvgIpc) is 2.76. The zero-order valence-electron chi connectivity index (χ0n) is 10.7. The van der Waals surface area contributed by atoms with Crippen molar-refractivity contribution in [2.45, 2.75) is 32.9 Å². The molecule has 96 valence electrons. The molecule has 0 saturated carbocycles. The summed E-state index contributed by atoms with van der Waals surface area (Å²) in [6, 6.07) is 6.24. The summed E-state index contributed by atoms with van der Waals surface area (Å²) in [6.07, 6.45) is 4.57. The molecular weight excluding hydrogens is 290 g/mol. The second kappa shape index (κ2) is 5.67. The molecule has 1 unspecified atom stereocenters. The Labute approximate surface area is 116 Å². The van der Waals surface area contributed by atoms with E-state index >= 15 is 0 Å². The van der Waals surface area contributed by atoms with Gasteiger partial charge in [0, 0.05) is 35.9 Å². The predicted molar refractivity (Wildman–Crippen MR) is 77.4 cm³/mol. The standard InChI is InChI=1S/C14H18BrN3/c1-3-18-7-6-17-14(18)9-13(16)11-5-4-10(2)8-12(11)15/h4-8,13H,3,9,16H2,1-2H3. The van der Waals surface area contributed by atoms with Gasteiger partial charge in [-0.2, -0.15) is 0 Å². The molecule has 1 aromatic heterocycles. The Morgan fingerprint density at radius 2 is 2.22 bits per heavy atom. The number of rotatable bonds is 4. The molecule has 0 aliphatic heterocycles. The number of nitrogens with two attached hydrogens (primary N) is 1. The first kappa shape index (κ1) is 13.3. The van der Waals surface area contributed by atoms with Crippen LogP contribution in [0.3, 0.4) is 0 Å². The minimum atomic E-state index is -0.0346. The molecule has 0 bridgehead atoms. The molecule has 1 atom stereocenters. The molecule has 1 heterocycles. The van der Waals surface area contributed by atoms with Crippen LogP contribution in [0.1, 0.15) is 29.9 Å². The lowest BCUT2D eigenvalue weighted by atomic mass is 10.0. The normalized spacial score (nSPS) is 12.7. The second-order valence-electron chi connectivity index (χ2n) is 4.47. The van der Waals surface area contributed by atoms with Crippen LogP contribution in [-0.2, 0) is 13.0 Å². The third-order valence-corrected chi connectivity index (χ3v) is 3.79. The van der Waals surface area contributed by atoms with E-state index in [-0.39, 0.29) is 6.04 Å². The fraction of sp³-hybridized carbons (Fsp3) is 0.357. The van der Waals surface area contributed by atoms with Gasteiger partial charge in [-0.05, 0) is 31.0 Å². The molecule has 2 N–H and O–H groups in total. The van der Waals surface area contributed by atoms with Gasteiger partial charge in [-0.25, -0.2) is 4.98 Å². The van der Waals surface area contributed by atoms with Gasteiger partial charge in [0.1, 0.15) is 5.82 Å². The maximum atomic E-state index is 6.28. The van der Waals surface area contributed by atoms with Crippen molar-refractivity contribution in [2.75, 3.05) is 0 Å². The fourth-order valence-corrected chi connectivity index (χ4v) is 2.84. The summed E-state index contributed by atoms with van der Waals surface area (Å²) < 4.78 is 3.20. The molecule has 1 aromatic carbocycles. The van der Waals surface area contributed by atoms with Gasteiger partial charge in [0.2, 0.25) is 0 Å². The minimum Gasteiger partial charge on any atom is -0.335 e. The topological polar surface area (TPSA) is 43.8 Å². The highest BCUT2D eigenvalue weighted by atomic mass is 79.9. The van der Waals surface area contributed by atoms with Crippen LogP contribution < -0.4 is 5.73 Å². The summed E-state index contributed by atoms with van der Waals surface area (Å²) in [5.74, 6) is 1.04. The van der Waals surface area contributed by atoms with E-state index < -0.39 is 0 Å². The number of aromatic nitrogens is 2. The van der Waals surface area contributed by atoms with Crippen LogP contribution in [0.4, 0.5) is 0 Å². The van der Waals surface area contributed by atoms with Crippen molar-refractivity contribution in [3.05, 3.63) is 52.0 Å². The third-order valence-electron chi connectivity index (χ3n) is 3.10. The number of hydrogen-bond acceptors (Lipinski definition) is 2. The van der Waals surface area contributed by atoms with Gasteiger partial charge in [0.05, 0.1) is 0 Å². The second-order valence-corrected chi connectivity index (χ2v) is 5.32. The van der Waals surface area contributed by atoms with Crippen LogP contribution in [-0.4, -0.2) is 9.55 Å². The van der Waals surface area contributed by atoms with E-state index in [2.05, 4.69) is 57.5 Å². The highest BCUT2D eigenvalue weighted by molar-refractivity contribution is 9.10. The Hall–Kier alpha value is -1.13. The van der Waals surface area contributed by atoms with Crippen LogP contribution in [0.25, 0.3) is 0 Å². The van der Waals surface area contributed by atoms with Crippen molar-refractivity contribution in [2.24, 2.45) is 5.73 Å². The van der Waals surface area contributed by atoms with Crippen LogP contribution in [0.2, 0.25) is 0 Å². The first-order chi connectivity index (χ1) is 8.61. The number of hydrogen-bond donors (Lipinski definition) is 1. The number of aryl methyl sites for hydroxylation is 2. The minimum absolute atomic E-state index is 0.0346. The zero-order valence-corrected chi connectivity index (χ0v) is 12.3. The molecule has 4 heteroatoms. The SMILES string of the molecule is CCn1ccnc1CC(N)c1ccc(C)cc1Br. The highest BCUT2D eigenvalue weighted by Crippen LogP contribution is 2.25. The molecule has 0 amide bonds. The van der Waals surface area contributed by atoms with Crippen molar-refractivity contribution in [3.63, 3.8) is 0 Å². The molecule has 2 aromatic rings. The van der Waals surface area contributed by atoms with Crippen molar-refractivity contribution in [1.29, 1.82) is 0 Å². The third kappa shape index (κ3) is 2.82. The van der Waals surface area contributed by atoms with Crippen LogP contribution in [0, 0.1) is 6.92 Å². The molecule has 0 fully saturated rings. The number of imidazole rings is 1. The van der Waals surface area contributed by atoms with Gasteiger partial charge in [0.15, 0.2) is 0 Å². The highest BCUT2D eigenvalue weighted by Gasteiger charge is 2.13. The van der Waals surface area contributed by atoms with Crippen LogP contribution in [0.5, 0.6) is 0 Å². The zero-order chi connectivity index (χ0) is 13.1. The number of benzene rings is 1. The lowest BCUT2D eigenvalue weighted by molar-refractivity contribution is 0.626. The Bertz CT molecular complexity index is 534. The monoisotopic (exact) mass is 307 g/mol. The van der Waals surface area contributed by atoms with Crippen LogP contribution in [0.15, 0.2) is 35.1 Å². The fourth-order valence-electron chi connectivity index (χ4n) is 2.06. The Balaban J connectivity index is 2.19. The smallest absolute Gasteiger partial charge is 0.110 e. The van der Waals surface area contributed by atoms with Gasteiger partial charge >= 0.3 is 0 Å². The van der Waals surface area contributed by atoms with Crippen molar-refractivity contribution in [3.8, 4) is 0 Å². The lowest BCUT2D eigenvalue weighted by Crippen LogP contribution is -2.17. The lowest BCUT2D eigenvalue weighted by Gasteiger charge is -2.15. The number of nitrogens with zero attached hydrogens (tertiary/aromatic N) is 2. The summed E-state index contributed by atoms with van der Waals surface area (Å²) in [6.45, 7) is 5.11. The summed E-state index contributed by atoms with van der Waals surface area (Å²) in [5.41, 5.74) is 8.64. The van der Waals surface area contributed by atoms with Crippen molar-refractivity contribution >= 4 is 15.9 Å². The maximum Gasteiger partial charge on any atom is 0.110 e. The van der Waals surface area contributed by atoms with Gasteiger partial charge in [-0.15, -0.1) is 0 Å². The van der Waals surface area contributed by atoms with Gasteiger partial charge in [-0.1, -0.05) is 28.1 Å². The van der Waals surface area contributed by atoms with E-state index in [4.69, 9.17) is 5.73 Å². The van der Waals surface area contributed by atoms with E-state index in [0.717, 1.165) is 28.8 Å². The maximum absolute atomic E-state index is 6.28. The quantitative estimate of drug-likeness (QED) is 0.942. The molecule has 0 spiro atoms. The first-order valence-corrected chi connectivity index (χ1v) is 6.92. The molecule has 2 rings (SSSR count). The molecule has 18 heavy (non-hydrogen) atoms. The first-order valence-electron chi connectivity index (χ1n) is 6.13. The molecule has 0 radical (unpaired) electrons. The molecular formula is C14H18BrN3. The summed E-state index contributed by atoms with van der Waals surface area (Å²) in [4.78, 5) is 4.37. The van der Waals surface area contributed by atoms with E-state index in [1.54, 1.807) is 0 Å². The van der Waals surface area contributed by atoms with Crippen molar-refractivity contribution < 1.29 is 0 Å². The molecule has 0 saturated heterocycles. The predicted octanol–water partition coefficient (Wildman–Crippen LogP) is 3.22. The molecule has 0 aliphatic rings. The average molecular weight is 308 g/mol. The van der Waals surface area contributed by atoms with Gasteiger partial charge in [-0.3, -0.25) is 0 Å². The Morgan fingerprint density at radius 3 is 2.89 bits per heavy atom. The van der Waals surface area contributed by atoms with Crippen molar-refractivity contribution in [1.82, 2.24) is 9.55 Å². The Morgan fingerprint density at radius 1 is 1.44 bits per heavy atom. The van der Waals surface area contributed by atoms with E-state index in [1.807, 2.05) is 12.4 Å². The molecule has 0 aliphatic carbocycles.